The zero-order valence-corrected chi connectivity index (χ0v) is 19.0. The van der Waals surface area contributed by atoms with Gasteiger partial charge in [-0.1, -0.05) is 30.3 Å². The van der Waals surface area contributed by atoms with E-state index in [0.717, 1.165) is 15.7 Å². The predicted molar refractivity (Wildman–Crippen MR) is 126 cm³/mol. The van der Waals surface area contributed by atoms with E-state index in [1.54, 1.807) is 57.5 Å². The zero-order chi connectivity index (χ0) is 24.0. The van der Waals surface area contributed by atoms with Crippen LogP contribution in [0.1, 0.15) is 27.2 Å². The van der Waals surface area contributed by atoms with Crippen molar-refractivity contribution in [1.82, 2.24) is 14.5 Å². The van der Waals surface area contributed by atoms with Crippen LogP contribution in [-0.2, 0) is 13.1 Å². The molecule has 1 heterocycles. The minimum absolute atomic E-state index is 0.0358. The monoisotopic (exact) mass is 449 g/mol. The fraction of sp³-hybridized carbons (Fsp3) is 0.240. The fourth-order valence-corrected chi connectivity index (χ4v) is 3.49. The third kappa shape index (κ3) is 5.23. The van der Waals surface area contributed by atoms with E-state index in [-0.39, 0.29) is 30.9 Å². The number of carbonyl (C=O) groups is 1. The van der Waals surface area contributed by atoms with Gasteiger partial charge in [-0.25, -0.2) is 4.79 Å². The second-order valence-electron chi connectivity index (χ2n) is 7.43. The number of benzene rings is 2. The van der Waals surface area contributed by atoms with Crippen molar-refractivity contribution in [2.24, 2.45) is 0 Å². The molecule has 1 aromatic heterocycles. The molecular formula is C25H27N3O5. The molecule has 1 amide bonds. The molecular weight excluding hydrogens is 422 g/mol. The lowest BCUT2D eigenvalue weighted by atomic mass is 10.1. The summed E-state index contributed by atoms with van der Waals surface area (Å²) in [6, 6.07) is 14.3. The summed E-state index contributed by atoms with van der Waals surface area (Å²) < 4.78 is 12.8. The van der Waals surface area contributed by atoms with Crippen molar-refractivity contribution in [1.29, 1.82) is 0 Å². The number of methoxy groups -OCH3 is 2. The number of aromatic nitrogens is 2. The molecule has 8 heteroatoms. The third-order valence-corrected chi connectivity index (χ3v) is 5.27. The van der Waals surface area contributed by atoms with Crippen molar-refractivity contribution in [3.8, 4) is 11.5 Å². The van der Waals surface area contributed by atoms with Crippen LogP contribution in [0.4, 0.5) is 0 Å². The molecule has 0 fully saturated rings. The van der Waals surface area contributed by atoms with Crippen molar-refractivity contribution in [2.45, 2.75) is 20.0 Å². The van der Waals surface area contributed by atoms with Gasteiger partial charge in [-0.05, 0) is 42.3 Å². The number of carbonyl (C=O) groups excluding carboxylic acids is 1. The lowest BCUT2D eigenvalue weighted by Gasteiger charge is -2.18. The molecule has 1 N–H and O–H groups in total. The summed E-state index contributed by atoms with van der Waals surface area (Å²) >= 11 is 0. The van der Waals surface area contributed by atoms with E-state index >= 15 is 0 Å². The maximum absolute atomic E-state index is 13.5. The summed E-state index contributed by atoms with van der Waals surface area (Å²) in [5.74, 6) is 0.843. The highest BCUT2D eigenvalue weighted by molar-refractivity contribution is 5.93. The van der Waals surface area contributed by atoms with Crippen LogP contribution in [0.2, 0.25) is 0 Å². The number of rotatable bonds is 9. The maximum Gasteiger partial charge on any atom is 0.332 e. The Morgan fingerprint density at radius 2 is 1.39 bits per heavy atom. The van der Waals surface area contributed by atoms with Gasteiger partial charge in [-0.3, -0.25) is 18.7 Å². The van der Waals surface area contributed by atoms with Crippen LogP contribution >= 0.6 is 0 Å². The first-order valence-corrected chi connectivity index (χ1v) is 10.4. The molecule has 0 radical (unpaired) electrons. The van der Waals surface area contributed by atoms with Gasteiger partial charge in [0.05, 0.1) is 27.3 Å². The molecule has 172 valence electrons. The summed E-state index contributed by atoms with van der Waals surface area (Å²) in [5, 5.41) is 2.67. The van der Waals surface area contributed by atoms with Gasteiger partial charge in [-0.2, -0.15) is 0 Å². The molecule has 0 spiro atoms. The van der Waals surface area contributed by atoms with Crippen molar-refractivity contribution in [3.63, 3.8) is 0 Å². The van der Waals surface area contributed by atoms with Crippen molar-refractivity contribution in [2.75, 3.05) is 20.8 Å². The minimum Gasteiger partial charge on any atom is -0.497 e. The van der Waals surface area contributed by atoms with Gasteiger partial charge in [0.1, 0.15) is 17.2 Å². The van der Waals surface area contributed by atoms with Crippen LogP contribution in [0.3, 0.4) is 0 Å². The first kappa shape index (κ1) is 23.6. The number of nitrogens with zero attached hydrogens (tertiary/aromatic N) is 2. The predicted octanol–water partition coefficient (Wildman–Crippen LogP) is 2.35. The Morgan fingerprint density at radius 3 is 1.85 bits per heavy atom. The first-order chi connectivity index (χ1) is 15.9. The van der Waals surface area contributed by atoms with Crippen LogP contribution < -0.4 is 26.0 Å². The van der Waals surface area contributed by atoms with Gasteiger partial charge in [0.25, 0.3) is 11.5 Å². The van der Waals surface area contributed by atoms with Gasteiger partial charge in [0, 0.05) is 12.1 Å². The molecule has 0 saturated carbocycles. The van der Waals surface area contributed by atoms with Gasteiger partial charge in [-0.15, -0.1) is 6.58 Å². The normalized spacial score (nSPS) is 10.5. The summed E-state index contributed by atoms with van der Waals surface area (Å²) in [5.41, 5.74) is 0.692. The lowest BCUT2D eigenvalue weighted by Crippen LogP contribution is -2.46. The number of nitrogens with one attached hydrogen (secondary N) is 1. The Balaban J connectivity index is 2.12. The smallest absolute Gasteiger partial charge is 0.332 e. The SMILES string of the molecule is C=CCNC(=O)c1c(C)c(=O)n(Cc2ccc(OC)cc2)c(=O)n1Cc1ccc(OC)cc1. The average Bonchev–Trinajstić information content (AvgIpc) is 2.84. The van der Waals surface area contributed by atoms with Gasteiger partial charge >= 0.3 is 5.69 Å². The quantitative estimate of drug-likeness (QED) is 0.507. The van der Waals surface area contributed by atoms with Crippen LogP contribution in [0.5, 0.6) is 11.5 Å². The van der Waals surface area contributed by atoms with Gasteiger partial charge in [0.2, 0.25) is 0 Å². The molecule has 0 aliphatic heterocycles. The Hall–Kier alpha value is -4.07. The first-order valence-electron chi connectivity index (χ1n) is 10.4. The van der Waals surface area contributed by atoms with E-state index in [1.807, 2.05) is 12.1 Å². The lowest BCUT2D eigenvalue weighted by molar-refractivity contribution is 0.0946. The molecule has 33 heavy (non-hydrogen) atoms. The van der Waals surface area contributed by atoms with E-state index < -0.39 is 17.2 Å². The number of ether oxygens (including phenoxy) is 2. The summed E-state index contributed by atoms with van der Waals surface area (Å²) in [7, 11) is 3.14. The van der Waals surface area contributed by atoms with Crippen LogP contribution in [0.25, 0.3) is 0 Å². The highest BCUT2D eigenvalue weighted by Crippen LogP contribution is 2.14. The van der Waals surface area contributed by atoms with Crippen molar-refractivity contribution >= 4 is 5.91 Å². The van der Waals surface area contributed by atoms with E-state index in [9.17, 15) is 14.4 Å². The Kier molecular flexibility index (Phi) is 7.50. The van der Waals surface area contributed by atoms with Gasteiger partial charge in [0.15, 0.2) is 0 Å². The Morgan fingerprint density at radius 1 is 0.909 bits per heavy atom. The Bertz CT molecular complexity index is 1260. The third-order valence-electron chi connectivity index (χ3n) is 5.27. The Labute approximate surface area is 191 Å². The highest BCUT2D eigenvalue weighted by atomic mass is 16.5. The van der Waals surface area contributed by atoms with Crippen LogP contribution in [-0.4, -0.2) is 35.8 Å². The van der Waals surface area contributed by atoms with Crippen molar-refractivity contribution in [3.05, 3.63) is 104 Å². The summed E-state index contributed by atoms with van der Waals surface area (Å²) in [6.45, 7) is 5.54. The molecule has 3 aromatic rings. The maximum atomic E-state index is 13.5. The molecule has 0 atom stereocenters. The van der Waals surface area contributed by atoms with Crippen LogP contribution in [0, 0.1) is 6.92 Å². The van der Waals surface area contributed by atoms with E-state index in [2.05, 4.69) is 11.9 Å². The number of amides is 1. The molecule has 0 saturated heterocycles. The molecule has 2 aromatic carbocycles. The van der Waals surface area contributed by atoms with E-state index in [4.69, 9.17) is 9.47 Å². The zero-order valence-electron chi connectivity index (χ0n) is 19.0. The molecule has 0 aliphatic rings. The fourth-order valence-electron chi connectivity index (χ4n) is 3.49. The second-order valence-corrected chi connectivity index (χ2v) is 7.43. The van der Waals surface area contributed by atoms with E-state index in [0.29, 0.717) is 11.5 Å². The number of hydrogen-bond donors (Lipinski definition) is 1. The molecule has 8 nitrogen and oxygen atoms in total. The standard InChI is InChI=1S/C25H27N3O5/c1-5-14-26-23(29)22-17(2)24(30)28(16-19-8-12-21(33-4)13-9-19)25(31)27(22)15-18-6-10-20(32-3)11-7-18/h5-13H,1,14-16H2,2-4H3,(H,26,29). The highest BCUT2D eigenvalue weighted by Gasteiger charge is 2.22. The number of hydrogen-bond acceptors (Lipinski definition) is 5. The summed E-state index contributed by atoms with van der Waals surface area (Å²) in [4.78, 5) is 39.5. The molecule has 0 aliphatic carbocycles. The van der Waals surface area contributed by atoms with Crippen molar-refractivity contribution < 1.29 is 14.3 Å². The molecule has 0 bridgehead atoms. The van der Waals surface area contributed by atoms with Crippen LogP contribution in [0.15, 0.2) is 70.8 Å². The van der Waals surface area contributed by atoms with Gasteiger partial charge < -0.3 is 14.8 Å². The second kappa shape index (κ2) is 10.5. The molecule has 0 unspecified atom stereocenters. The summed E-state index contributed by atoms with van der Waals surface area (Å²) in [6.07, 6.45) is 1.53. The minimum atomic E-state index is -0.569. The van der Waals surface area contributed by atoms with E-state index in [1.165, 1.54) is 10.6 Å². The largest absolute Gasteiger partial charge is 0.497 e. The average molecular weight is 450 g/mol. The topological polar surface area (TPSA) is 91.6 Å². The molecule has 3 rings (SSSR count).